The number of aliphatic hydroxyl groups is 1. The standard InChI is InChI=1S/C15H13Cl2NO5/c1-22-15(21)11(7-19)18-14(20)13-5-4-12(23-13)9-6-8(16)2-3-10(9)17/h2-6,11,19H,7H2,1H3,(H,18,20)/t11-/m0/s1. The third-order valence-corrected chi connectivity index (χ3v) is 3.56. The van der Waals surface area contributed by atoms with Gasteiger partial charge in [0.05, 0.1) is 18.7 Å². The van der Waals surface area contributed by atoms with Crippen molar-refractivity contribution in [3.63, 3.8) is 0 Å². The lowest BCUT2D eigenvalue weighted by Crippen LogP contribution is -2.43. The van der Waals surface area contributed by atoms with Gasteiger partial charge in [-0.25, -0.2) is 4.79 Å². The van der Waals surface area contributed by atoms with Crippen molar-refractivity contribution in [2.75, 3.05) is 13.7 Å². The molecule has 23 heavy (non-hydrogen) atoms. The molecule has 122 valence electrons. The van der Waals surface area contributed by atoms with Gasteiger partial charge in [0, 0.05) is 10.6 Å². The Hall–Kier alpha value is -2.02. The molecular weight excluding hydrogens is 345 g/mol. The molecule has 2 rings (SSSR count). The topological polar surface area (TPSA) is 88.8 Å². The van der Waals surface area contributed by atoms with Crippen LogP contribution in [0.25, 0.3) is 11.3 Å². The molecule has 1 atom stereocenters. The molecule has 0 aliphatic heterocycles. The summed E-state index contributed by atoms with van der Waals surface area (Å²) < 4.78 is 9.90. The van der Waals surface area contributed by atoms with Gasteiger partial charge in [-0.3, -0.25) is 4.79 Å². The van der Waals surface area contributed by atoms with Gasteiger partial charge in [0.15, 0.2) is 11.8 Å². The third-order valence-electron chi connectivity index (χ3n) is 3.00. The summed E-state index contributed by atoms with van der Waals surface area (Å²) in [6.45, 7) is -0.591. The zero-order chi connectivity index (χ0) is 17.0. The van der Waals surface area contributed by atoms with E-state index in [1.807, 2.05) is 0 Å². The van der Waals surface area contributed by atoms with Crippen LogP contribution in [0.2, 0.25) is 10.0 Å². The number of methoxy groups -OCH3 is 1. The summed E-state index contributed by atoms with van der Waals surface area (Å²) in [5.41, 5.74) is 0.532. The van der Waals surface area contributed by atoms with E-state index < -0.39 is 24.5 Å². The maximum atomic E-state index is 12.0. The van der Waals surface area contributed by atoms with E-state index in [2.05, 4.69) is 10.1 Å². The first kappa shape index (κ1) is 17.3. The van der Waals surface area contributed by atoms with E-state index in [-0.39, 0.29) is 5.76 Å². The third kappa shape index (κ3) is 4.04. The lowest BCUT2D eigenvalue weighted by atomic mass is 10.2. The Morgan fingerprint density at radius 1 is 1.30 bits per heavy atom. The van der Waals surface area contributed by atoms with E-state index in [1.54, 1.807) is 24.3 Å². The molecule has 1 heterocycles. The number of esters is 1. The van der Waals surface area contributed by atoms with Crippen molar-refractivity contribution in [2.24, 2.45) is 0 Å². The molecule has 1 amide bonds. The highest BCUT2D eigenvalue weighted by Crippen LogP contribution is 2.31. The first-order valence-corrected chi connectivity index (χ1v) is 7.26. The van der Waals surface area contributed by atoms with Gasteiger partial charge < -0.3 is 19.6 Å². The van der Waals surface area contributed by atoms with Gasteiger partial charge in [-0.05, 0) is 30.3 Å². The number of benzene rings is 1. The Balaban J connectivity index is 2.20. The lowest BCUT2D eigenvalue weighted by molar-refractivity contribution is -0.143. The summed E-state index contributed by atoms with van der Waals surface area (Å²) in [4.78, 5) is 23.4. The highest BCUT2D eigenvalue weighted by Gasteiger charge is 2.23. The van der Waals surface area contributed by atoms with E-state index in [9.17, 15) is 9.59 Å². The molecule has 6 nitrogen and oxygen atoms in total. The summed E-state index contributed by atoms with van der Waals surface area (Å²) >= 11 is 12.0. The van der Waals surface area contributed by atoms with Crippen molar-refractivity contribution in [3.8, 4) is 11.3 Å². The molecule has 0 bridgehead atoms. The van der Waals surface area contributed by atoms with Crippen LogP contribution in [0, 0.1) is 0 Å². The van der Waals surface area contributed by atoms with Crippen molar-refractivity contribution in [2.45, 2.75) is 6.04 Å². The Kier molecular flexibility index (Phi) is 5.65. The van der Waals surface area contributed by atoms with Crippen LogP contribution in [0.4, 0.5) is 0 Å². The Labute approximate surface area is 141 Å². The summed E-state index contributed by atoms with van der Waals surface area (Å²) in [5.74, 6) is -1.12. The number of carbonyl (C=O) groups is 2. The molecule has 0 saturated carbocycles. The highest BCUT2D eigenvalue weighted by atomic mass is 35.5. The first-order chi connectivity index (χ1) is 11.0. The number of hydrogen-bond acceptors (Lipinski definition) is 5. The van der Waals surface area contributed by atoms with Crippen LogP contribution in [0.1, 0.15) is 10.6 Å². The second-order valence-corrected chi connectivity index (χ2v) is 5.36. The molecule has 0 saturated heterocycles. The Morgan fingerprint density at radius 3 is 2.70 bits per heavy atom. The predicted molar refractivity (Wildman–Crippen MR) is 84.5 cm³/mol. The highest BCUT2D eigenvalue weighted by molar-refractivity contribution is 6.35. The summed E-state index contributed by atoms with van der Waals surface area (Å²) in [6, 6.07) is 6.66. The number of ether oxygens (including phenoxy) is 1. The fourth-order valence-corrected chi connectivity index (χ4v) is 2.22. The second-order valence-electron chi connectivity index (χ2n) is 4.52. The van der Waals surface area contributed by atoms with Crippen molar-refractivity contribution in [1.82, 2.24) is 5.32 Å². The number of aliphatic hydroxyl groups excluding tert-OH is 1. The zero-order valence-electron chi connectivity index (χ0n) is 12.0. The minimum absolute atomic E-state index is 0.0432. The average molecular weight is 358 g/mol. The smallest absolute Gasteiger partial charge is 0.330 e. The average Bonchev–Trinajstić information content (AvgIpc) is 3.03. The fraction of sp³-hybridized carbons (Fsp3) is 0.200. The Morgan fingerprint density at radius 2 is 2.04 bits per heavy atom. The van der Waals surface area contributed by atoms with Crippen molar-refractivity contribution < 1.29 is 23.8 Å². The molecule has 0 unspecified atom stereocenters. The van der Waals surface area contributed by atoms with E-state index in [1.165, 1.54) is 6.07 Å². The summed E-state index contributed by atoms with van der Waals surface area (Å²) in [6.07, 6.45) is 0. The molecule has 0 fully saturated rings. The van der Waals surface area contributed by atoms with Gasteiger partial charge in [-0.1, -0.05) is 23.2 Å². The number of nitrogens with one attached hydrogen (secondary N) is 1. The molecule has 8 heteroatoms. The van der Waals surface area contributed by atoms with E-state index in [0.29, 0.717) is 21.4 Å². The molecule has 0 radical (unpaired) electrons. The number of hydrogen-bond donors (Lipinski definition) is 2. The number of rotatable bonds is 5. The van der Waals surface area contributed by atoms with E-state index in [0.717, 1.165) is 7.11 Å². The van der Waals surface area contributed by atoms with Gasteiger partial charge in [-0.2, -0.15) is 0 Å². The maximum Gasteiger partial charge on any atom is 0.330 e. The molecule has 0 aliphatic rings. The lowest BCUT2D eigenvalue weighted by Gasteiger charge is -2.12. The van der Waals surface area contributed by atoms with Gasteiger partial charge in [0.2, 0.25) is 0 Å². The number of amides is 1. The van der Waals surface area contributed by atoms with Crippen LogP contribution in [0.5, 0.6) is 0 Å². The van der Waals surface area contributed by atoms with Crippen molar-refractivity contribution in [1.29, 1.82) is 0 Å². The number of furan rings is 1. The minimum atomic E-state index is -1.17. The van der Waals surface area contributed by atoms with Crippen LogP contribution in [0.3, 0.4) is 0 Å². The van der Waals surface area contributed by atoms with E-state index in [4.69, 9.17) is 32.7 Å². The van der Waals surface area contributed by atoms with E-state index >= 15 is 0 Å². The largest absolute Gasteiger partial charge is 0.467 e. The monoisotopic (exact) mass is 357 g/mol. The van der Waals surface area contributed by atoms with Crippen LogP contribution < -0.4 is 5.32 Å². The van der Waals surface area contributed by atoms with Gasteiger partial charge in [0.1, 0.15) is 5.76 Å². The summed E-state index contributed by atoms with van der Waals surface area (Å²) in [5, 5.41) is 12.3. The molecule has 2 aromatic rings. The van der Waals surface area contributed by atoms with Crippen LogP contribution in [-0.4, -0.2) is 36.7 Å². The molecule has 0 aliphatic carbocycles. The zero-order valence-corrected chi connectivity index (χ0v) is 13.5. The minimum Gasteiger partial charge on any atom is -0.467 e. The SMILES string of the molecule is COC(=O)[C@H](CO)NC(=O)c1ccc(-c2cc(Cl)ccc2Cl)o1. The van der Waals surface area contributed by atoms with Crippen molar-refractivity contribution >= 4 is 35.1 Å². The molecule has 2 N–H and O–H groups in total. The first-order valence-electron chi connectivity index (χ1n) is 6.51. The van der Waals surface area contributed by atoms with Crippen LogP contribution in [-0.2, 0) is 9.53 Å². The predicted octanol–water partition coefficient (Wildman–Crippen LogP) is 2.52. The number of carbonyl (C=O) groups excluding carboxylic acids is 2. The van der Waals surface area contributed by atoms with Gasteiger partial charge >= 0.3 is 5.97 Å². The van der Waals surface area contributed by atoms with Gasteiger partial charge in [0.25, 0.3) is 5.91 Å². The molecule has 1 aromatic heterocycles. The summed E-state index contributed by atoms with van der Waals surface area (Å²) in [7, 11) is 1.16. The number of halogens is 2. The quantitative estimate of drug-likeness (QED) is 0.802. The van der Waals surface area contributed by atoms with Crippen LogP contribution in [0.15, 0.2) is 34.7 Å². The second kappa shape index (κ2) is 7.50. The normalized spacial score (nSPS) is 11.8. The fourth-order valence-electron chi connectivity index (χ4n) is 1.84. The molecule has 1 aromatic carbocycles. The van der Waals surface area contributed by atoms with Crippen molar-refractivity contribution in [3.05, 3.63) is 46.1 Å². The van der Waals surface area contributed by atoms with Crippen LogP contribution >= 0.6 is 23.2 Å². The molecular formula is C15H13Cl2NO5. The van der Waals surface area contributed by atoms with Gasteiger partial charge in [-0.15, -0.1) is 0 Å². The Bertz CT molecular complexity index is 728. The maximum absolute atomic E-state index is 12.0. The molecule has 0 spiro atoms.